The zero-order chi connectivity index (χ0) is 21.4. The number of hydrogen-bond donors (Lipinski definition) is 0. The molecule has 0 aliphatic rings. The molecule has 0 atom stereocenters. The number of fused-ring (bicyclic) bond motifs is 12. The van der Waals surface area contributed by atoms with Gasteiger partial charge in [-0.2, -0.15) is 0 Å². The zero-order valence-corrected chi connectivity index (χ0v) is 17.9. The van der Waals surface area contributed by atoms with Crippen molar-refractivity contribution in [3.63, 3.8) is 0 Å². The SMILES string of the molecule is Cc1nc2c3ccccc3n3c4ccccc4cc3c3cc4ccccc4n3c2nc1C. The second-order valence-electron chi connectivity index (χ2n) is 8.43. The summed E-state index contributed by atoms with van der Waals surface area (Å²) < 4.78 is 4.65. The average Bonchev–Trinajstić information content (AvgIpc) is 3.38. The van der Waals surface area contributed by atoms with Gasteiger partial charge in [-0.1, -0.05) is 54.6 Å². The van der Waals surface area contributed by atoms with E-state index in [4.69, 9.17) is 9.97 Å². The molecule has 4 aromatic heterocycles. The van der Waals surface area contributed by atoms with E-state index in [1.807, 2.05) is 13.8 Å². The summed E-state index contributed by atoms with van der Waals surface area (Å²) in [5, 5.41) is 3.49. The highest BCUT2D eigenvalue weighted by Crippen LogP contribution is 2.33. The molecule has 0 saturated carbocycles. The molecule has 0 amide bonds. The first-order valence-corrected chi connectivity index (χ1v) is 10.9. The third-order valence-electron chi connectivity index (χ3n) is 6.58. The van der Waals surface area contributed by atoms with Crippen molar-refractivity contribution >= 4 is 54.9 Å². The first kappa shape index (κ1) is 17.5. The van der Waals surface area contributed by atoms with Crippen LogP contribution in [0.3, 0.4) is 0 Å². The quantitative estimate of drug-likeness (QED) is 0.275. The fourth-order valence-electron chi connectivity index (χ4n) is 4.97. The van der Waals surface area contributed by atoms with Gasteiger partial charge in [-0.15, -0.1) is 0 Å². The fraction of sp³-hybridized carbons (Fsp3) is 0.0714. The van der Waals surface area contributed by atoms with Crippen LogP contribution in [0.4, 0.5) is 0 Å². The minimum absolute atomic E-state index is 0.883. The van der Waals surface area contributed by atoms with Crippen LogP contribution in [0.15, 0.2) is 84.9 Å². The Morgan fingerprint density at radius 2 is 1.06 bits per heavy atom. The lowest BCUT2D eigenvalue weighted by atomic mass is 10.2. The van der Waals surface area contributed by atoms with Crippen molar-refractivity contribution in [2.24, 2.45) is 0 Å². The monoisotopic (exact) mass is 412 g/mol. The molecular formula is C28H20N4. The molecule has 0 N–H and O–H groups in total. The Balaban J connectivity index is 1.98. The first-order valence-electron chi connectivity index (χ1n) is 10.9. The van der Waals surface area contributed by atoms with Gasteiger partial charge in [0.25, 0.3) is 0 Å². The number of hydrogen-bond acceptors (Lipinski definition) is 2. The molecule has 152 valence electrons. The van der Waals surface area contributed by atoms with Crippen LogP contribution in [0.2, 0.25) is 0 Å². The summed E-state index contributed by atoms with van der Waals surface area (Å²) in [4.78, 5) is 10.2. The summed E-state index contributed by atoms with van der Waals surface area (Å²) in [6, 6.07) is 30.2. The van der Waals surface area contributed by atoms with Gasteiger partial charge in [0.15, 0.2) is 5.65 Å². The molecule has 0 aliphatic carbocycles. The van der Waals surface area contributed by atoms with Gasteiger partial charge < -0.3 is 4.40 Å². The molecule has 0 fully saturated rings. The molecule has 0 saturated heterocycles. The van der Waals surface area contributed by atoms with Crippen LogP contribution in [0.25, 0.3) is 54.9 Å². The third kappa shape index (κ3) is 2.21. The molecular weight excluding hydrogens is 392 g/mol. The number of benzene rings is 3. The van der Waals surface area contributed by atoms with Gasteiger partial charge in [-0.25, -0.2) is 9.97 Å². The topological polar surface area (TPSA) is 34.6 Å². The molecule has 7 rings (SSSR count). The van der Waals surface area contributed by atoms with Crippen molar-refractivity contribution in [1.29, 1.82) is 0 Å². The lowest BCUT2D eigenvalue weighted by Gasteiger charge is -2.10. The van der Waals surface area contributed by atoms with E-state index in [1.165, 1.54) is 16.3 Å². The highest BCUT2D eigenvalue weighted by atomic mass is 15.0. The van der Waals surface area contributed by atoms with E-state index in [2.05, 4.69) is 93.7 Å². The van der Waals surface area contributed by atoms with Crippen molar-refractivity contribution in [3.8, 4) is 0 Å². The molecule has 7 aromatic rings. The smallest absolute Gasteiger partial charge is 0.164 e. The number of nitrogens with zero attached hydrogens (tertiary/aromatic N) is 4. The molecule has 32 heavy (non-hydrogen) atoms. The van der Waals surface area contributed by atoms with Gasteiger partial charge in [-0.05, 0) is 44.2 Å². The van der Waals surface area contributed by atoms with E-state index < -0.39 is 0 Å². The van der Waals surface area contributed by atoms with Crippen LogP contribution in [0.5, 0.6) is 0 Å². The molecule has 0 unspecified atom stereocenters. The van der Waals surface area contributed by atoms with Gasteiger partial charge in [-0.3, -0.25) is 4.40 Å². The maximum absolute atomic E-state index is 5.10. The number of para-hydroxylation sites is 3. The molecule has 4 heterocycles. The largest absolute Gasteiger partial charge is 0.307 e. The van der Waals surface area contributed by atoms with E-state index in [-0.39, 0.29) is 0 Å². The van der Waals surface area contributed by atoms with E-state index in [9.17, 15) is 0 Å². The van der Waals surface area contributed by atoms with Crippen molar-refractivity contribution < 1.29 is 0 Å². The average molecular weight is 412 g/mol. The highest BCUT2D eigenvalue weighted by Gasteiger charge is 2.15. The van der Waals surface area contributed by atoms with Crippen LogP contribution in [0, 0.1) is 13.8 Å². The van der Waals surface area contributed by atoms with Crippen molar-refractivity contribution in [2.75, 3.05) is 0 Å². The number of rotatable bonds is 0. The first-order chi connectivity index (χ1) is 15.7. The van der Waals surface area contributed by atoms with Crippen LogP contribution in [-0.4, -0.2) is 18.8 Å². The van der Waals surface area contributed by atoms with Gasteiger partial charge in [0, 0.05) is 16.2 Å². The summed E-state index contributed by atoms with van der Waals surface area (Å²) in [7, 11) is 0. The molecule has 4 heteroatoms. The van der Waals surface area contributed by atoms with Gasteiger partial charge in [0.05, 0.1) is 39.0 Å². The Hall–Kier alpha value is -4.18. The fourth-order valence-corrected chi connectivity index (χ4v) is 4.97. The van der Waals surface area contributed by atoms with Crippen LogP contribution >= 0.6 is 0 Å². The molecule has 0 spiro atoms. The highest BCUT2D eigenvalue weighted by molar-refractivity contribution is 6.08. The zero-order valence-electron chi connectivity index (χ0n) is 17.9. The predicted octanol–water partition coefficient (Wildman–Crippen LogP) is 6.77. The number of aryl methyl sites for hydroxylation is 2. The van der Waals surface area contributed by atoms with Gasteiger partial charge in [0.2, 0.25) is 0 Å². The summed E-state index contributed by atoms with van der Waals surface area (Å²) in [5.41, 5.74) is 9.42. The Kier molecular flexibility index (Phi) is 3.37. The minimum Gasteiger partial charge on any atom is -0.307 e. The molecule has 0 bridgehead atoms. The molecule has 0 aliphatic heterocycles. The molecule has 4 nitrogen and oxygen atoms in total. The van der Waals surface area contributed by atoms with Crippen LogP contribution < -0.4 is 0 Å². The van der Waals surface area contributed by atoms with Crippen LogP contribution in [0.1, 0.15) is 11.4 Å². The van der Waals surface area contributed by atoms with Crippen molar-refractivity contribution in [3.05, 3.63) is 96.3 Å². The van der Waals surface area contributed by atoms with Gasteiger partial charge >= 0.3 is 0 Å². The van der Waals surface area contributed by atoms with Crippen molar-refractivity contribution in [2.45, 2.75) is 13.8 Å². The van der Waals surface area contributed by atoms with Crippen LogP contribution in [-0.2, 0) is 0 Å². The standard InChI is InChI=1S/C28H20N4/c1-17-18(2)30-28-27(29-17)21-11-5-8-14-24(21)31-22-12-6-3-9-19(22)15-25(31)26-16-20-10-4-7-13-23(20)32(26)28/h3-16H,1-2H3. The normalized spacial score (nSPS) is 12.1. The summed E-state index contributed by atoms with van der Waals surface area (Å²) in [6.45, 7) is 4.07. The second kappa shape index (κ2) is 6.17. The lowest BCUT2D eigenvalue weighted by molar-refractivity contribution is 1.08. The third-order valence-corrected chi connectivity index (χ3v) is 6.58. The predicted molar refractivity (Wildman–Crippen MR) is 132 cm³/mol. The minimum atomic E-state index is 0.883. The second-order valence-corrected chi connectivity index (χ2v) is 8.43. The summed E-state index contributed by atoms with van der Waals surface area (Å²) in [5.74, 6) is 0. The maximum atomic E-state index is 5.10. The summed E-state index contributed by atoms with van der Waals surface area (Å²) in [6.07, 6.45) is 0. The Morgan fingerprint density at radius 3 is 1.78 bits per heavy atom. The Labute approximate surface area is 184 Å². The van der Waals surface area contributed by atoms with Crippen molar-refractivity contribution in [1.82, 2.24) is 18.8 Å². The Bertz CT molecular complexity index is 1900. The lowest BCUT2D eigenvalue weighted by Crippen LogP contribution is -2.00. The Morgan fingerprint density at radius 1 is 0.531 bits per heavy atom. The molecule has 3 aromatic carbocycles. The molecule has 0 radical (unpaired) electrons. The van der Waals surface area contributed by atoms with E-state index in [0.717, 1.165) is 50.0 Å². The summed E-state index contributed by atoms with van der Waals surface area (Å²) >= 11 is 0. The van der Waals surface area contributed by atoms with E-state index in [0.29, 0.717) is 0 Å². The van der Waals surface area contributed by atoms with Gasteiger partial charge in [0.1, 0.15) is 5.52 Å². The maximum Gasteiger partial charge on any atom is 0.164 e. The van der Waals surface area contributed by atoms with E-state index >= 15 is 0 Å². The van der Waals surface area contributed by atoms with E-state index in [1.54, 1.807) is 0 Å². The number of aromatic nitrogens is 4.